The summed E-state index contributed by atoms with van der Waals surface area (Å²) in [5.41, 5.74) is 2.78. The van der Waals surface area contributed by atoms with Gasteiger partial charge in [0.2, 0.25) is 0 Å². The molecule has 2 nitrogen and oxygen atoms in total. The molecule has 0 saturated heterocycles. The van der Waals surface area contributed by atoms with Crippen LogP contribution < -0.4 is 20.7 Å². The number of hydrogen-bond donors (Lipinski definition) is 2. The van der Waals surface area contributed by atoms with Crippen molar-refractivity contribution in [2.45, 2.75) is 105 Å². The van der Waals surface area contributed by atoms with Crippen LogP contribution in [0.25, 0.3) is 0 Å². The highest BCUT2D eigenvalue weighted by Crippen LogP contribution is 2.40. The van der Waals surface area contributed by atoms with Crippen molar-refractivity contribution in [3.8, 4) is 11.5 Å². The predicted molar refractivity (Wildman–Crippen MR) is 188 cm³/mol. The van der Waals surface area contributed by atoms with E-state index in [4.69, 9.17) is 0 Å². The first-order valence-electron chi connectivity index (χ1n) is 15.6. The van der Waals surface area contributed by atoms with Gasteiger partial charge in [-0.3, -0.25) is 0 Å². The SMILES string of the molecule is CC(C)(C)c1cc([Si](c2ccccc2)(c2ccccc2)c2cc(C(C)(C)C)c(O)c(C(C)(C)C)c2)cc(C(C)(C)C)c1O. The van der Waals surface area contributed by atoms with Gasteiger partial charge in [-0.15, -0.1) is 0 Å². The first kappa shape index (κ1) is 32.6. The highest BCUT2D eigenvalue weighted by Gasteiger charge is 2.45. The second kappa shape index (κ2) is 11.0. The first-order valence-corrected chi connectivity index (χ1v) is 17.6. The van der Waals surface area contributed by atoms with E-state index in [1.807, 2.05) is 0 Å². The minimum Gasteiger partial charge on any atom is -0.507 e. The fourth-order valence-electron chi connectivity index (χ4n) is 6.37. The molecule has 4 aromatic carbocycles. The molecule has 0 spiro atoms. The highest BCUT2D eigenvalue weighted by molar-refractivity contribution is 7.20. The van der Waals surface area contributed by atoms with Crippen LogP contribution in [0.4, 0.5) is 0 Å². The zero-order chi connectivity index (χ0) is 32.2. The first-order chi connectivity index (χ1) is 19.7. The molecule has 0 amide bonds. The van der Waals surface area contributed by atoms with E-state index in [1.54, 1.807) is 0 Å². The number of phenolic OH excluding ortho intramolecular Hbond substituents is 2. The molecule has 0 heterocycles. The quantitative estimate of drug-likeness (QED) is 0.189. The van der Waals surface area contributed by atoms with Crippen LogP contribution in [0, 0.1) is 0 Å². The lowest BCUT2D eigenvalue weighted by Gasteiger charge is -2.39. The fourth-order valence-corrected chi connectivity index (χ4v) is 11.2. The summed E-state index contributed by atoms with van der Waals surface area (Å²) in [6.07, 6.45) is 0. The van der Waals surface area contributed by atoms with E-state index >= 15 is 0 Å². The van der Waals surface area contributed by atoms with Crippen LogP contribution in [0.5, 0.6) is 11.5 Å². The summed E-state index contributed by atoms with van der Waals surface area (Å²) in [6.45, 7) is 26.2. The van der Waals surface area contributed by atoms with Crippen molar-refractivity contribution in [3.05, 3.63) is 107 Å². The van der Waals surface area contributed by atoms with Crippen LogP contribution in [-0.4, -0.2) is 18.3 Å². The number of phenols is 2. The number of hydrogen-bond acceptors (Lipinski definition) is 2. The molecule has 43 heavy (non-hydrogen) atoms. The molecule has 0 radical (unpaired) electrons. The summed E-state index contributed by atoms with van der Waals surface area (Å²) in [7, 11) is -3.01. The molecule has 0 fully saturated rings. The Bertz CT molecular complexity index is 1400. The third kappa shape index (κ3) is 6.06. The van der Waals surface area contributed by atoms with Gasteiger partial charge in [-0.05, 0) is 64.7 Å². The molecule has 0 bridgehead atoms. The maximum Gasteiger partial charge on any atom is 0.179 e. The molecule has 3 heteroatoms. The maximum absolute atomic E-state index is 11.8. The van der Waals surface area contributed by atoms with Crippen LogP contribution in [0.1, 0.15) is 105 Å². The number of benzene rings is 4. The van der Waals surface area contributed by atoms with Gasteiger partial charge in [0.05, 0.1) is 0 Å². The van der Waals surface area contributed by atoms with Crippen molar-refractivity contribution in [1.29, 1.82) is 0 Å². The normalized spacial score (nSPS) is 13.3. The average Bonchev–Trinajstić information content (AvgIpc) is 2.89. The van der Waals surface area contributed by atoms with Crippen LogP contribution in [0.2, 0.25) is 0 Å². The molecule has 0 aromatic heterocycles. The summed E-state index contributed by atoms with van der Waals surface area (Å²) >= 11 is 0. The lowest BCUT2D eigenvalue weighted by atomic mass is 9.79. The van der Waals surface area contributed by atoms with Crippen molar-refractivity contribution in [3.63, 3.8) is 0 Å². The average molecular weight is 593 g/mol. The van der Waals surface area contributed by atoms with Gasteiger partial charge in [0, 0.05) is 0 Å². The van der Waals surface area contributed by atoms with Gasteiger partial charge in [-0.25, -0.2) is 0 Å². The smallest absolute Gasteiger partial charge is 0.179 e. The third-order valence-electron chi connectivity index (χ3n) is 8.73. The Hall–Kier alpha value is -3.30. The molecule has 0 aliphatic rings. The predicted octanol–water partition coefficient (Wildman–Crippen LogP) is 7.67. The Morgan fingerprint density at radius 2 is 0.605 bits per heavy atom. The molecule has 0 aliphatic heterocycles. The third-order valence-corrected chi connectivity index (χ3v) is 13.4. The van der Waals surface area contributed by atoms with Gasteiger partial charge in [-0.1, -0.05) is 168 Å². The lowest BCUT2D eigenvalue weighted by Crippen LogP contribution is -2.75. The van der Waals surface area contributed by atoms with E-state index in [0.29, 0.717) is 11.5 Å². The molecule has 0 saturated carbocycles. The van der Waals surface area contributed by atoms with Crippen molar-refractivity contribution in [2.24, 2.45) is 0 Å². The van der Waals surface area contributed by atoms with Gasteiger partial charge in [0.15, 0.2) is 8.07 Å². The number of rotatable bonds is 4. The molecular formula is C40H52O2Si. The Labute approximate surface area is 261 Å². The van der Waals surface area contributed by atoms with E-state index in [9.17, 15) is 10.2 Å². The van der Waals surface area contributed by atoms with Crippen molar-refractivity contribution < 1.29 is 10.2 Å². The van der Waals surface area contributed by atoms with E-state index in [0.717, 1.165) is 22.3 Å². The highest BCUT2D eigenvalue weighted by atomic mass is 28.3. The van der Waals surface area contributed by atoms with Crippen LogP contribution in [0.15, 0.2) is 84.9 Å². The largest absolute Gasteiger partial charge is 0.507 e. The molecule has 0 atom stereocenters. The molecule has 228 valence electrons. The van der Waals surface area contributed by atoms with E-state index in [1.165, 1.54) is 20.7 Å². The van der Waals surface area contributed by atoms with Crippen molar-refractivity contribution in [2.75, 3.05) is 0 Å². The van der Waals surface area contributed by atoms with Gasteiger partial charge >= 0.3 is 0 Å². The topological polar surface area (TPSA) is 40.5 Å². The van der Waals surface area contributed by atoms with E-state index < -0.39 is 8.07 Å². The Kier molecular flexibility index (Phi) is 8.34. The van der Waals surface area contributed by atoms with Gasteiger partial charge in [0.1, 0.15) is 11.5 Å². The van der Waals surface area contributed by atoms with E-state index in [2.05, 4.69) is 168 Å². The molecule has 0 aliphatic carbocycles. The second-order valence-electron chi connectivity index (χ2n) is 16.3. The Balaban J connectivity index is 2.37. The number of aromatic hydroxyl groups is 2. The monoisotopic (exact) mass is 592 g/mol. The summed E-state index contributed by atoms with van der Waals surface area (Å²) < 4.78 is 0. The molecular weight excluding hydrogens is 541 g/mol. The minimum absolute atomic E-state index is 0.268. The maximum atomic E-state index is 11.8. The standard InChI is InChI=1S/C40H52O2Si/c1-37(2,3)31-23-29(24-32(35(31)41)38(4,5)6)43(27-19-15-13-16-20-27,28-21-17-14-18-22-28)30-25-33(39(7,8)9)36(42)34(26-30)40(10,11)12/h13-26,41-42H,1-12H3. The van der Waals surface area contributed by atoms with Gasteiger partial charge < -0.3 is 10.2 Å². The minimum atomic E-state index is -3.01. The van der Waals surface area contributed by atoms with Crippen molar-refractivity contribution >= 4 is 28.8 Å². The Morgan fingerprint density at radius 1 is 0.372 bits per heavy atom. The summed E-state index contributed by atoms with van der Waals surface area (Å²) in [5.74, 6) is 0.786. The summed E-state index contributed by atoms with van der Waals surface area (Å²) in [4.78, 5) is 0. The molecule has 2 N–H and O–H groups in total. The van der Waals surface area contributed by atoms with Gasteiger partial charge in [0.25, 0.3) is 0 Å². The second-order valence-corrected chi connectivity index (χ2v) is 20.1. The van der Waals surface area contributed by atoms with Crippen LogP contribution in [-0.2, 0) is 21.7 Å². The van der Waals surface area contributed by atoms with Crippen LogP contribution >= 0.6 is 0 Å². The fraction of sp³-hybridized carbons (Fsp3) is 0.400. The van der Waals surface area contributed by atoms with Gasteiger partial charge in [-0.2, -0.15) is 0 Å². The van der Waals surface area contributed by atoms with Crippen LogP contribution in [0.3, 0.4) is 0 Å². The van der Waals surface area contributed by atoms with Crippen molar-refractivity contribution in [1.82, 2.24) is 0 Å². The zero-order valence-corrected chi connectivity index (χ0v) is 29.5. The Morgan fingerprint density at radius 3 is 0.814 bits per heavy atom. The molecule has 0 unspecified atom stereocenters. The molecule has 4 aromatic rings. The summed E-state index contributed by atoms with van der Waals surface area (Å²) in [6, 6.07) is 31.0. The summed E-state index contributed by atoms with van der Waals surface area (Å²) in [5, 5.41) is 28.6. The molecule has 4 rings (SSSR count). The van der Waals surface area contributed by atoms with E-state index in [-0.39, 0.29) is 21.7 Å². The zero-order valence-electron chi connectivity index (χ0n) is 28.5. The lowest BCUT2D eigenvalue weighted by molar-refractivity contribution is 0.423.